The topological polar surface area (TPSA) is 84.7 Å². The average Bonchev–Trinajstić information content (AvgIpc) is 3.14. The number of methoxy groups -OCH3 is 2. The largest absolute Gasteiger partial charge is 0.504 e. The van der Waals surface area contributed by atoms with Gasteiger partial charge in [-0.1, -0.05) is 35.6 Å². The van der Waals surface area contributed by atoms with Gasteiger partial charge in [-0.25, -0.2) is 0 Å². The zero-order chi connectivity index (χ0) is 19.2. The molecule has 0 unspecified atom stereocenters. The van der Waals surface area contributed by atoms with Crippen LogP contribution in [-0.2, 0) is 0 Å². The van der Waals surface area contributed by atoms with Crippen LogP contribution in [0.5, 0.6) is 23.0 Å². The van der Waals surface area contributed by atoms with E-state index in [1.165, 1.54) is 25.6 Å². The lowest BCUT2D eigenvalue weighted by Gasteiger charge is -2.03. The first kappa shape index (κ1) is 18.5. The van der Waals surface area contributed by atoms with E-state index in [1.54, 1.807) is 36.4 Å². The predicted molar refractivity (Wildman–Crippen MR) is 107 cm³/mol. The van der Waals surface area contributed by atoms with Gasteiger partial charge in [0.2, 0.25) is 0 Å². The molecule has 0 atom stereocenters. The van der Waals surface area contributed by atoms with E-state index < -0.39 is 0 Å². The predicted octanol–water partition coefficient (Wildman–Crippen LogP) is 4.31. The zero-order valence-electron chi connectivity index (χ0n) is 14.8. The second kappa shape index (κ2) is 8.37. The third kappa shape index (κ3) is 4.65. The first-order chi connectivity index (χ1) is 13.1. The zero-order valence-corrected chi connectivity index (χ0v) is 15.6. The summed E-state index contributed by atoms with van der Waals surface area (Å²) in [5.41, 5.74) is 1.77. The van der Waals surface area contributed by atoms with E-state index in [2.05, 4.69) is 10.2 Å². The maximum atomic E-state index is 9.63. The lowest BCUT2D eigenvalue weighted by molar-refractivity contribution is 0.373. The van der Waals surface area contributed by atoms with Gasteiger partial charge in [0.15, 0.2) is 23.0 Å². The summed E-state index contributed by atoms with van der Waals surface area (Å²) in [4.78, 5) is 0. The van der Waals surface area contributed by atoms with E-state index in [-0.39, 0.29) is 11.5 Å². The van der Waals surface area contributed by atoms with Gasteiger partial charge < -0.3 is 19.7 Å². The van der Waals surface area contributed by atoms with Crippen LogP contribution in [-0.4, -0.2) is 34.6 Å². The van der Waals surface area contributed by atoms with Crippen molar-refractivity contribution >= 4 is 35.6 Å². The first-order valence-electron chi connectivity index (χ1n) is 8.02. The molecule has 0 aliphatic rings. The van der Waals surface area contributed by atoms with Gasteiger partial charge in [-0.05, 0) is 47.5 Å². The Bertz CT molecular complexity index is 917. The number of nitrogens with zero attached hydrogens (tertiary/aromatic N) is 2. The lowest BCUT2D eigenvalue weighted by Crippen LogP contribution is -1.84. The Hall–Kier alpha value is -3.32. The molecule has 0 bridgehead atoms. The number of phenolic OH excluding ortho intramolecular Hbond substituents is 2. The molecule has 2 aromatic carbocycles. The summed E-state index contributed by atoms with van der Waals surface area (Å²) in [6.07, 6.45) is 7.45. The van der Waals surface area contributed by atoms with Crippen LogP contribution in [0.15, 0.2) is 36.4 Å². The number of rotatable bonds is 6. The Balaban J connectivity index is 1.71. The van der Waals surface area contributed by atoms with Crippen LogP contribution in [0.2, 0.25) is 0 Å². The number of benzene rings is 2. The second-order valence-corrected chi connectivity index (χ2v) is 6.55. The molecule has 27 heavy (non-hydrogen) atoms. The number of aromatic hydroxyl groups is 2. The normalized spacial score (nSPS) is 11.3. The van der Waals surface area contributed by atoms with Crippen LogP contribution in [0, 0.1) is 0 Å². The SMILES string of the molecule is COc1cc(/C=C/c2nnc(/C=C/c3ccc(O)c(OC)c3)s2)ccc1O. The molecule has 0 saturated heterocycles. The Morgan fingerprint density at radius 2 is 1.19 bits per heavy atom. The van der Waals surface area contributed by atoms with Crippen LogP contribution in [0.25, 0.3) is 24.3 Å². The number of ether oxygens (including phenoxy) is 2. The molecule has 0 aliphatic heterocycles. The molecule has 2 N–H and O–H groups in total. The third-order valence-electron chi connectivity index (χ3n) is 3.70. The van der Waals surface area contributed by atoms with Crippen LogP contribution in [0.4, 0.5) is 0 Å². The van der Waals surface area contributed by atoms with E-state index >= 15 is 0 Å². The van der Waals surface area contributed by atoms with Crippen molar-refractivity contribution in [2.24, 2.45) is 0 Å². The third-order valence-corrected chi connectivity index (χ3v) is 4.55. The molecule has 1 aromatic heterocycles. The fraction of sp³-hybridized carbons (Fsp3) is 0.100. The second-order valence-electron chi connectivity index (χ2n) is 5.51. The minimum absolute atomic E-state index is 0.101. The fourth-order valence-corrected chi connectivity index (χ4v) is 2.96. The summed E-state index contributed by atoms with van der Waals surface area (Å²) >= 11 is 1.44. The Morgan fingerprint density at radius 1 is 0.741 bits per heavy atom. The minimum atomic E-state index is 0.101. The number of phenols is 2. The average molecular weight is 382 g/mol. The molecule has 0 saturated carbocycles. The van der Waals surface area contributed by atoms with E-state index in [0.29, 0.717) is 11.5 Å². The maximum Gasteiger partial charge on any atom is 0.161 e. The molecule has 1 heterocycles. The highest BCUT2D eigenvalue weighted by atomic mass is 32.1. The molecular weight excluding hydrogens is 364 g/mol. The Labute approximate surface area is 160 Å². The van der Waals surface area contributed by atoms with Gasteiger partial charge >= 0.3 is 0 Å². The molecule has 0 fully saturated rings. The van der Waals surface area contributed by atoms with Gasteiger partial charge in [0, 0.05) is 0 Å². The van der Waals surface area contributed by atoms with Crippen molar-refractivity contribution in [1.82, 2.24) is 10.2 Å². The quantitative estimate of drug-likeness (QED) is 0.661. The monoisotopic (exact) mass is 382 g/mol. The van der Waals surface area contributed by atoms with Gasteiger partial charge in [0.05, 0.1) is 14.2 Å². The lowest BCUT2D eigenvalue weighted by atomic mass is 10.2. The van der Waals surface area contributed by atoms with Gasteiger partial charge in [-0.15, -0.1) is 10.2 Å². The molecule has 0 aliphatic carbocycles. The molecule has 0 radical (unpaired) electrons. The van der Waals surface area contributed by atoms with Crippen molar-refractivity contribution in [2.45, 2.75) is 0 Å². The standard InChI is InChI=1S/C20H18N2O4S/c1-25-17-11-13(3-7-15(17)23)5-9-19-21-22-20(27-19)10-6-14-4-8-16(24)18(12-14)26-2/h3-12,23-24H,1-2H3/b9-5+,10-6+. The fourth-order valence-electron chi connectivity index (χ4n) is 2.31. The molecule has 3 rings (SSSR count). The van der Waals surface area contributed by atoms with Gasteiger partial charge in [0.25, 0.3) is 0 Å². The first-order valence-corrected chi connectivity index (χ1v) is 8.84. The molecular formula is C20H18N2O4S. The summed E-state index contributed by atoms with van der Waals surface area (Å²) in [6, 6.07) is 10.2. The van der Waals surface area contributed by atoms with Crippen LogP contribution in [0.1, 0.15) is 21.1 Å². The summed E-state index contributed by atoms with van der Waals surface area (Å²) in [5, 5.41) is 29.0. The van der Waals surface area contributed by atoms with Crippen molar-refractivity contribution in [2.75, 3.05) is 14.2 Å². The molecule has 138 valence electrons. The highest BCUT2D eigenvalue weighted by Crippen LogP contribution is 2.28. The number of aromatic nitrogens is 2. The van der Waals surface area contributed by atoms with E-state index in [1.807, 2.05) is 24.3 Å². The van der Waals surface area contributed by atoms with E-state index in [9.17, 15) is 10.2 Å². The summed E-state index contributed by atoms with van der Waals surface area (Å²) < 4.78 is 10.2. The number of hydrogen-bond acceptors (Lipinski definition) is 7. The smallest absolute Gasteiger partial charge is 0.161 e. The van der Waals surface area contributed by atoms with Crippen LogP contribution in [0.3, 0.4) is 0 Å². The number of hydrogen-bond donors (Lipinski definition) is 2. The summed E-state index contributed by atoms with van der Waals surface area (Å²) in [5.74, 6) is 1.04. The summed E-state index contributed by atoms with van der Waals surface area (Å²) in [6.45, 7) is 0. The van der Waals surface area contributed by atoms with Gasteiger partial charge in [-0.2, -0.15) is 0 Å². The molecule has 6 nitrogen and oxygen atoms in total. The van der Waals surface area contributed by atoms with E-state index in [4.69, 9.17) is 9.47 Å². The highest BCUT2D eigenvalue weighted by molar-refractivity contribution is 7.13. The molecule has 0 spiro atoms. The Kier molecular flexibility index (Phi) is 5.73. The molecule has 3 aromatic rings. The minimum Gasteiger partial charge on any atom is -0.504 e. The van der Waals surface area contributed by atoms with Crippen LogP contribution < -0.4 is 9.47 Å². The van der Waals surface area contributed by atoms with Crippen molar-refractivity contribution in [3.63, 3.8) is 0 Å². The van der Waals surface area contributed by atoms with Gasteiger partial charge in [0.1, 0.15) is 10.0 Å². The van der Waals surface area contributed by atoms with E-state index in [0.717, 1.165) is 21.1 Å². The van der Waals surface area contributed by atoms with Crippen LogP contribution >= 0.6 is 11.3 Å². The van der Waals surface area contributed by atoms with Crippen molar-refractivity contribution < 1.29 is 19.7 Å². The molecule has 7 heteroatoms. The molecule has 0 amide bonds. The summed E-state index contributed by atoms with van der Waals surface area (Å²) in [7, 11) is 3.02. The maximum absolute atomic E-state index is 9.63. The van der Waals surface area contributed by atoms with Gasteiger partial charge in [-0.3, -0.25) is 0 Å². The Morgan fingerprint density at radius 3 is 1.59 bits per heavy atom. The van der Waals surface area contributed by atoms with Crippen molar-refractivity contribution in [3.05, 3.63) is 57.5 Å². The highest BCUT2D eigenvalue weighted by Gasteiger charge is 2.03. The van der Waals surface area contributed by atoms with Crippen molar-refractivity contribution in [1.29, 1.82) is 0 Å². The van der Waals surface area contributed by atoms with Crippen molar-refractivity contribution in [3.8, 4) is 23.0 Å².